The van der Waals surface area contributed by atoms with E-state index in [2.05, 4.69) is 4.98 Å². The molecule has 2 atom stereocenters. The maximum atomic E-state index is 9.59. The summed E-state index contributed by atoms with van der Waals surface area (Å²) in [6.45, 7) is 0. The first kappa shape index (κ1) is 12.0. The molecule has 6 heteroatoms. The van der Waals surface area contributed by atoms with E-state index in [0.717, 1.165) is 0 Å². The molecule has 2 N–H and O–H groups in total. The van der Waals surface area contributed by atoms with E-state index in [4.69, 9.17) is 34.8 Å². The van der Waals surface area contributed by atoms with Crippen LogP contribution in [-0.2, 0) is 0 Å². The van der Waals surface area contributed by atoms with Gasteiger partial charge in [-0.2, -0.15) is 0 Å². The zero-order valence-electron chi connectivity index (χ0n) is 6.99. The molecule has 0 radical (unpaired) electrons. The van der Waals surface area contributed by atoms with Crippen LogP contribution >= 0.6 is 34.8 Å². The molecule has 0 aliphatic rings. The molecule has 0 amide bonds. The van der Waals surface area contributed by atoms with Gasteiger partial charge in [0, 0.05) is 11.8 Å². The van der Waals surface area contributed by atoms with E-state index in [1.165, 1.54) is 12.3 Å². The number of nitrogens with zero attached hydrogens (tertiary/aromatic N) is 1. The quantitative estimate of drug-likeness (QED) is 0.643. The summed E-state index contributed by atoms with van der Waals surface area (Å²) >= 11 is 16.8. The van der Waals surface area contributed by atoms with Crippen LogP contribution in [0.5, 0.6) is 0 Å². The SMILES string of the molecule is OC(CCl)C(O)c1ccnc(Cl)c1Cl. The van der Waals surface area contributed by atoms with E-state index < -0.39 is 12.2 Å². The fourth-order valence-corrected chi connectivity index (χ4v) is 1.51. The molecule has 1 heterocycles. The third kappa shape index (κ3) is 2.49. The molecule has 3 nitrogen and oxygen atoms in total. The van der Waals surface area contributed by atoms with E-state index in [0.29, 0.717) is 5.56 Å². The molecule has 0 aliphatic carbocycles. The highest BCUT2D eigenvalue weighted by Crippen LogP contribution is 2.29. The van der Waals surface area contributed by atoms with Gasteiger partial charge in [-0.15, -0.1) is 11.6 Å². The minimum Gasteiger partial charge on any atom is -0.389 e. The van der Waals surface area contributed by atoms with E-state index >= 15 is 0 Å². The molecule has 0 aromatic carbocycles. The molecule has 14 heavy (non-hydrogen) atoms. The molecular weight excluding hydrogens is 248 g/mol. The highest BCUT2D eigenvalue weighted by molar-refractivity contribution is 6.41. The Bertz CT molecular complexity index is 321. The average molecular weight is 257 g/mol. The molecule has 0 bridgehead atoms. The second-order valence-corrected chi connectivity index (χ2v) is 3.72. The molecule has 1 rings (SSSR count). The van der Waals surface area contributed by atoms with Crippen LogP contribution in [0, 0.1) is 0 Å². The second kappa shape index (κ2) is 5.14. The highest BCUT2D eigenvalue weighted by Gasteiger charge is 2.21. The van der Waals surface area contributed by atoms with E-state index in [-0.39, 0.29) is 16.1 Å². The maximum absolute atomic E-state index is 9.59. The smallest absolute Gasteiger partial charge is 0.147 e. The van der Waals surface area contributed by atoms with Gasteiger partial charge in [-0.1, -0.05) is 23.2 Å². The Hall–Kier alpha value is -0.0600. The van der Waals surface area contributed by atoms with Crippen molar-refractivity contribution in [3.63, 3.8) is 0 Å². The summed E-state index contributed by atoms with van der Waals surface area (Å²) in [5.74, 6) is -0.0859. The van der Waals surface area contributed by atoms with Crippen LogP contribution in [-0.4, -0.2) is 27.2 Å². The fourth-order valence-electron chi connectivity index (χ4n) is 0.952. The first-order valence-electron chi connectivity index (χ1n) is 3.80. The number of rotatable bonds is 3. The Morgan fingerprint density at radius 3 is 2.57 bits per heavy atom. The molecule has 1 aromatic heterocycles. The number of aliphatic hydroxyl groups excluding tert-OH is 2. The van der Waals surface area contributed by atoms with Crippen molar-refractivity contribution >= 4 is 34.8 Å². The Morgan fingerprint density at radius 1 is 1.36 bits per heavy atom. The van der Waals surface area contributed by atoms with Crippen LogP contribution in [0.1, 0.15) is 11.7 Å². The van der Waals surface area contributed by atoms with Gasteiger partial charge in [-0.25, -0.2) is 4.98 Å². The zero-order valence-corrected chi connectivity index (χ0v) is 9.26. The number of aliphatic hydroxyl groups is 2. The molecule has 0 saturated heterocycles. The van der Waals surface area contributed by atoms with Crippen molar-refractivity contribution in [1.29, 1.82) is 0 Å². The van der Waals surface area contributed by atoms with Crippen LogP contribution in [0.25, 0.3) is 0 Å². The van der Waals surface area contributed by atoms with Gasteiger partial charge in [-0.05, 0) is 6.07 Å². The zero-order chi connectivity index (χ0) is 10.7. The van der Waals surface area contributed by atoms with Crippen LogP contribution < -0.4 is 0 Å². The number of hydrogen-bond donors (Lipinski definition) is 2. The van der Waals surface area contributed by atoms with Crippen molar-refractivity contribution < 1.29 is 10.2 Å². The Morgan fingerprint density at radius 2 is 2.00 bits per heavy atom. The average Bonchev–Trinajstić information content (AvgIpc) is 2.20. The summed E-state index contributed by atoms with van der Waals surface area (Å²) in [6, 6.07) is 1.48. The topological polar surface area (TPSA) is 53.4 Å². The minimum atomic E-state index is -1.15. The lowest BCUT2D eigenvalue weighted by molar-refractivity contribution is 0.0327. The first-order valence-corrected chi connectivity index (χ1v) is 5.09. The number of alkyl halides is 1. The molecule has 0 aliphatic heterocycles. The van der Waals surface area contributed by atoms with Gasteiger partial charge >= 0.3 is 0 Å². The lowest BCUT2D eigenvalue weighted by atomic mass is 10.1. The Kier molecular flexibility index (Phi) is 4.41. The first-order chi connectivity index (χ1) is 6.57. The Labute approximate surface area is 96.2 Å². The van der Waals surface area contributed by atoms with Crippen LogP contribution in [0.4, 0.5) is 0 Å². The molecule has 0 saturated carbocycles. The molecule has 2 unspecified atom stereocenters. The number of hydrogen-bond acceptors (Lipinski definition) is 3. The normalized spacial score (nSPS) is 15.2. The predicted molar refractivity (Wildman–Crippen MR) is 55.9 cm³/mol. The van der Waals surface area contributed by atoms with Crippen LogP contribution in [0.3, 0.4) is 0 Å². The predicted octanol–water partition coefficient (Wildman–Crippen LogP) is 2.02. The van der Waals surface area contributed by atoms with E-state index in [9.17, 15) is 10.2 Å². The number of pyridine rings is 1. The summed E-state index contributed by atoms with van der Waals surface area (Å²) in [5, 5.41) is 19.1. The fraction of sp³-hybridized carbons (Fsp3) is 0.375. The number of aromatic nitrogens is 1. The van der Waals surface area contributed by atoms with Gasteiger partial charge in [0.2, 0.25) is 0 Å². The summed E-state index contributed by atoms with van der Waals surface area (Å²) < 4.78 is 0. The third-order valence-corrected chi connectivity index (χ3v) is 2.81. The van der Waals surface area contributed by atoms with Gasteiger partial charge in [0.15, 0.2) is 0 Å². The summed E-state index contributed by atoms with van der Waals surface area (Å²) in [7, 11) is 0. The molecule has 0 spiro atoms. The Balaban J connectivity index is 3.01. The van der Waals surface area contributed by atoms with Gasteiger partial charge < -0.3 is 10.2 Å². The summed E-state index contributed by atoms with van der Waals surface area (Å²) in [6.07, 6.45) is -0.832. The van der Waals surface area contributed by atoms with Crippen molar-refractivity contribution in [2.45, 2.75) is 12.2 Å². The van der Waals surface area contributed by atoms with Gasteiger partial charge in [-0.3, -0.25) is 0 Å². The lowest BCUT2D eigenvalue weighted by Gasteiger charge is -2.16. The standard InChI is InChI=1S/C8H8Cl3NO2/c9-3-5(13)7(14)4-1-2-12-8(11)6(4)10/h1-2,5,7,13-14H,3H2. The minimum absolute atomic E-state index is 0.0859. The number of halogens is 3. The van der Waals surface area contributed by atoms with Crippen LogP contribution in [0.15, 0.2) is 12.3 Å². The van der Waals surface area contributed by atoms with Crippen molar-refractivity contribution in [1.82, 2.24) is 4.98 Å². The van der Waals surface area contributed by atoms with Gasteiger partial charge in [0.05, 0.1) is 17.0 Å². The summed E-state index contributed by atoms with van der Waals surface area (Å²) in [4.78, 5) is 3.71. The monoisotopic (exact) mass is 255 g/mol. The molecule has 0 fully saturated rings. The maximum Gasteiger partial charge on any atom is 0.147 e. The second-order valence-electron chi connectivity index (χ2n) is 2.67. The largest absolute Gasteiger partial charge is 0.389 e. The molecule has 78 valence electrons. The highest BCUT2D eigenvalue weighted by atomic mass is 35.5. The summed E-state index contributed by atoms with van der Waals surface area (Å²) in [5.41, 5.74) is 0.319. The van der Waals surface area contributed by atoms with Crippen molar-refractivity contribution in [2.75, 3.05) is 5.88 Å². The van der Waals surface area contributed by atoms with Crippen molar-refractivity contribution in [3.05, 3.63) is 28.0 Å². The van der Waals surface area contributed by atoms with E-state index in [1.807, 2.05) is 0 Å². The molecular formula is C8H8Cl3NO2. The van der Waals surface area contributed by atoms with Crippen molar-refractivity contribution in [2.24, 2.45) is 0 Å². The van der Waals surface area contributed by atoms with Gasteiger partial charge in [0.1, 0.15) is 11.3 Å². The molecule has 1 aromatic rings. The van der Waals surface area contributed by atoms with Gasteiger partial charge in [0.25, 0.3) is 0 Å². The van der Waals surface area contributed by atoms with Crippen molar-refractivity contribution in [3.8, 4) is 0 Å². The van der Waals surface area contributed by atoms with E-state index in [1.54, 1.807) is 0 Å². The van der Waals surface area contributed by atoms with Crippen LogP contribution in [0.2, 0.25) is 10.2 Å². The lowest BCUT2D eigenvalue weighted by Crippen LogP contribution is -2.20. The third-order valence-electron chi connectivity index (χ3n) is 1.72.